The van der Waals surface area contributed by atoms with Crippen LogP contribution in [0.5, 0.6) is 17.2 Å². The molecule has 6 aromatic rings. The first-order valence-corrected chi connectivity index (χ1v) is 16.6. The molecule has 2 amide bonds. The van der Waals surface area contributed by atoms with Crippen molar-refractivity contribution >= 4 is 34.8 Å². The number of aromatic carboxylic acids is 1. The van der Waals surface area contributed by atoms with E-state index in [1.165, 1.54) is 78.9 Å². The predicted octanol–water partition coefficient (Wildman–Crippen LogP) is 8.49. The summed E-state index contributed by atoms with van der Waals surface area (Å²) >= 11 is 0. The molecule has 54 heavy (non-hydrogen) atoms. The third-order valence-corrected chi connectivity index (χ3v) is 8.10. The Kier molecular flexibility index (Phi) is 11.4. The van der Waals surface area contributed by atoms with Gasteiger partial charge >= 0.3 is 5.97 Å². The maximum absolute atomic E-state index is 13.6. The van der Waals surface area contributed by atoms with Gasteiger partial charge in [0.25, 0.3) is 11.8 Å². The SMILES string of the molecule is Nc1ccc(C(=O)Nc2ccc(C(=O)Nc3ccc(C(=O)O)cc3OCc3ccc(F)cc3)cc2OCc2ccc(F)cc2)cc1OCc1ccccc1. The molecule has 0 saturated heterocycles. The summed E-state index contributed by atoms with van der Waals surface area (Å²) in [6.07, 6.45) is 0. The molecule has 10 nitrogen and oxygen atoms in total. The van der Waals surface area contributed by atoms with Crippen molar-refractivity contribution in [3.8, 4) is 17.2 Å². The summed E-state index contributed by atoms with van der Waals surface area (Å²) < 4.78 is 44.8. The molecule has 0 saturated carbocycles. The van der Waals surface area contributed by atoms with Crippen LogP contribution >= 0.6 is 0 Å². The van der Waals surface area contributed by atoms with Crippen LogP contribution in [0, 0.1) is 11.6 Å². The molecule has 0 atom stereocenters. The van der Waals surface area contributed by atoms with Crippen LogP contribution in [-0.4, -0.2) is 22.9 Å². The van der Waals surface area contributed by atoms with E-state index in [1.54, 1.807) is 24.3 Å². The Morgan fingerprint density at radius 3 is 1.43 bits per heavy atom. The van der Waals surface area contributed by atoms with E-state index in [1.807, 2.05) is 30.3 Å². The Balaban J connectivity index is 1.23. The highest BCUT2D eigenvalue weighted by atomic mass is 19.1. The first kappa shape index (κ1) is 36.6. The fourth-order valence-electron chi connectivity index (χ4n) is 5.17. The van der Waals surface area contributed by atoms with Gasteiger partial charge < -0.3 is 35.7 Å². The van der Waals surface area contributed by atoms with Gasteiger partial charge in [0.05, 0.1) is 22.6 Å². The molecule has 0 heterocycles. The predicted molar refractivity (Wildman–Crippen MR) is 199 cm³/mol. The van der Waals surface area contributed by atoms with Crippen molar-refractivity contribution in [2.24, 2.45) is 0 Å². The van der Waals surface area contributed by atoms with Gasteiger partial charge in [-0.15, -0.1) is 0 Å². The maximum atomic E-state index is 13.6. The number of nitrogens with one attached hydrogen (secondary N) is 2. The molecule has 0 aromatic heterocycles. The van der Waals surface area contributed by atoms with Gasteiger partial charge in [-0.05, 0) is 95.6 Å². The van der Waals surface area contributed by atoms with E-state index in [0.29, 0.717) is 22.6 Å². The Morgan fingerprint density at radius 2 is 0.926 bits per heavy atom. The molecule has 0 aliphatic rings. The summed E-state index contributed by atoms with van der Waals surface area (Å²) in [4.78, 5) is 38.8. The average Bonchev–Trinajstić information content (AvgIpc) is 3.18. The zero-order valence-corrected chi connectivity index (χ0v) is 28.6. The second-order valence-corrected chi connectivity index (χ2v) is 12.0. The number of hydrogen-bond acceptors (Lipinski definition) is 7. The summed E-state index contributed by atoms with van der Waals surface area (Å²) in [5.41, 5.74) is 9.35. The number of carboxylic acids is 1. The van der Waals surface area contributed by atoms with Crippen LogP contribution in [0.15, 0.2) is 133 Å². The van der Waals surface area contributed by atoms with Gasteiger partial charge in [0.2, 0.25) is 0 Å². The summed E-state index contributed by atoms with van der Waals surface area (Å²) in [6, 6.07) is 33.7. The monoisotopic (exact) mass is 729 g/mol. The van der Waals surface area contributed by atoms with Crippen LogP contribution < -0.4 is 30.6 Å². The standard InChI is InChI=1S/C42H33F2N3O7/c43-32-13-6-27(7-14-32)24-53-38-21-30(41(49)47-36-19-12-31(42(50)51)22-39(36)54-25-28-8-15-33(44)16-9-28)11-18-35(38)46-40(48)29-10-17-34(45)37(20-29)52-23-26-4-2-1-3-5-26/h1-22H,23-25,45H2,(H,46,48)(H,47,49)(H,50,51). The number of halogens is 2. The van der Waals surface area contributed by atoms with Crippen molar-refractivity contribution in [1.29, 1.82) is 0 Å². The van der Waals surface area contributed by atoms with E-state index in [4.69, 9.17) is 19.9 Å². The lowest BCUT2D eigenvalue weighted by atomic mass is 10.1. The van der Waals surface area contributed by atoms with Crippen LogP contribution in [-0.2, 0) is 19.8 Å². The average molecular weight is 730 g/mol. The minimum Gasteiger partial charge on any atom is -0.487 e. The number of ether oxygens (including phenoxy) is 3. The molecule has 0 unspecified atom stereocenters. The second kappa shape index (κ2) is 16.9. The number of amides is 2. The molecular weight excluding hydrogens is 696 g/mol. The number of carbonyl (C=O) groups is 3. The quantitative estimate of drug-likeness (QED) is 0.0816. The molecular formula is C42H33F2N3O7. The number of rotatable bonds is 14. The smallest absolute Gasteiger partial charge is 0.335 e. The summed E-state index contributed by atoms with van der Waals surface area (Å²) in [5.74, 6) is -2.63. The number of carbonyl (C=O) groups excluding carboxylic acids is 2. The molecule has 272 valence electrons. The van der Waals surface area contributed by atoms with Gasteiger partial charge in [-0.2, -0.15) is 0 Å². The van der Waals surface area contributed by atoms with Gasteiger partial charge in [0.15, 0.2) is 0 Å². The summed E-state index contributed by atoms with van der Waals surface area (Å²) in [5, 5.41) is 15.1. The third-order valence-electron chi connectivity index (χ3n) is 8.10. The van der Waals surface area contributed by atoms with Crippen molar-refractivity contribution in [2.45, 2.75) is 19.8 Å². The highest BCUT2D eigenvalue weighted by Gasteiger charge is 2.18. The summed E-state index contributed by atoms with van der Waals surface area (Å²) in [6.45, 7) is 0.189. The second-order valence-electron chi connectivity index (χ2n) is 12.0. The van der Waals surface area contributed by atoms with Crippen LogP contribution in [0.4, 0.5) is 25.8 Å². The fraction of sp³-hybridized carbons (Fsp3) is 0.0714. The van der Waals surface area contributed by atoms with Crippen molar-refractivity contribution in [3.05, 3.63) is 178 Å². The normalized spacial score (nSPS) is 10.6. The molecule has 12 heteroatoms. The largest absolute Gasteiger partial charge is 0.487 e. The lowest BCUT2D eigenvalue weighted by Crippen LogP contribution is -2.16. The fourth-order valence-corrected chi connectivity index (χ4v) is 5.17. The highest BCUT2D eigenvalue weighted by Crippen LogP contribution is 2.32. The molecule has 0 bridgehead atoms. The molecule has 0 spiro atoms. The number of benzene rings is 6. The van der Waals surface area contributed by atoms with Crippen molar-refractivity contribution in [2.75, 3.05) is 16.4 Å². The minimum absolute atomic E-state index is 0.0222. The van der Waals surface area contributed by atoms with Gasteiger partial charge in [0.1, 0.15) is 48.7 Å². The molecule has 0 fully saturated rings. The molecule has 0 aliphatic carbocycles. The molecule has 6 rings (SSSR count). The van der Waals surface area contributed by atoms with Crippen LogP contribution in [0.1, 0.15) is 47.8 Å². The summed E-state index contributed by atoms with van der Waals surface area (Å²) in [7, 11) is 0. The Bertz CT molecular complexity index is 2280. The van der Waals surface area contributed by atoms with Crippen LogP contribution in [0.3, 0.4) is 0 Å². The number of nitrogen functional groups attached to an aromatic ring is 1. The Morgan fingerprint density at radius 1 is 0.519 bits per heavy atom. The Labute approximate surface area is 308 Å². The molecule has 6 aromatic carbocycles. The van der Waals surface area contributed by atoms with E-state index in [9.17, 15) is 28.3 Å². The topological polar surface area (TPSA) is 149 Å². The third kappa shape index (κ3) is 9.56. The first-order valence-electron chi connectivity index (χ1n) is 16.6. The van der Waals surface area contributed by atoms with Crippen molar-refractivity contribution in [3.63, 3.8) is 0 Å². The zero-order chi connectivity index (χ0) is 38.0. The molecule has 5 N–H and O–H groups in total. The van der Waals surface area contributed by atoms with E-state index in [2.05, 4.69) is 10.6 Å². The van der Waals surface area contributed by atoms with Crippen LogP contribution in [0.2, 0.25) is 0 Å². The van der Waals surface area contributed by atoms with Crippen molar-refractivity contribution < 1.29 is 42.5 Å². The first-order chi connectivity index (χ1) is 26.1. The molecule has 0 aliphatic heterocycles. The lowest BCUT2D eigenvalue weighted by Gasteiger charge is -2.16. The van der Waals surface area contributed by atoms with Crippen molar-refractivity contribution in [1.82, 2.24) is 0 Å². The van der Waals surface area contributed by atoms with E-state index in [0.717, 1.165) is 5.56 Å². The molecule has 0 radical (unpaired) electrons. The Hall–Kier alpha value is -7.21. The van der Waals surface area contributed by atoms with E-state index < -0.39 is 29.4 Å². The number of carboxylic acid groups (broad SMARTS) is 1. The minimum atomic E-state index is -1.20. The van der Waals surface area contributed by atoms with E-state index >= 15 is 0 Å². The van der Waals surface area contributed by atoms with E-state index in [-0.39, 0.29) is 59.4 Å². The highest BCUT2D eigenvalue weighted by molar-refractivity contribution is 6.08. The number of nitrogens with two attached hydrogens (primary N) is 1. The van der Waals surface area contributed by atoms with Gasteiger partial charge in [-0.1, -0.05) is 54.6 Å². The van der Waals surface area contributed by atoms with Gasteiger partial charge in [0, 0.05) is 11.1 Å². The number of hydrogen-bond donors (Lipinski definition) is 4. The van der Waals surface area contributed by atoms with Gasteiger partial charge in [-0.25, -0.2) is 13.6 Å². The maximum Gasteiger partial charge on any atom is 0.335 e. The van der Waals surface area contributed by atoms with Gasteiger partial charge in [-0.3, -0.25) is 9.59 Å². The number of anilines is 3. The lowest BCUT2D eigenvalue weighted by molar-refractivity contribution is 0.0696. The van der Waals surface area contributed by atoms with Crippen LogP contribution in [0.25, 0.3) is 0 Å². The zero-order valence-electron chi connectivity index (χ0n) is 28.6.